The second kappa shape index (κ2) is 11.2. The minimum atomic E-state index is -2.12. The number of ether oxygens (including phenoxy) is 1. The second-order valence-electron chi connectivity index (χ2n) is 12.0. The standard InChI is InChI=1S/C28H35IN6O5Si/c1-28(2,3)41(6,7)38-14-21-20(40-35-26(36)17-10-8-9-11-18(17)27(35)37)12-22(39-21)34-13-19(29)23-24(32-16-33(4)5)30-15-31-25(23)34/h8-11,13,15-16,20-22H,12,14H2,1-7H3/b32-16+/t20?,21-,22-/m1/s1. The number of hydrogen-bond acceptors (Lipinski definition) is 8. The number of imide groups is 1. The number of aromatic nitrogens is 3. The molecule has 0 spiro atoms. The van der Waals surface area contributed by atoms with Crippen LogP contribution in [-0.4, -0.2) is 83.9 Å². The molecule has 0 radical (unpaired) electrons. The van der Waals surface area contributed by atoms with E-state index in [2.05, 4.69) is 71.4 Å². The number of hydrogen-bond donors (Lipinski definition) is 0. The van der Waals surface area contributed by atoms with Gasteiger partial charge in [-0.3, -0.25) is 14.4 Å². The topological polar surface area (TPSA) is 111 Å². The van der Waals surface area contributed by atoms with Gasteiger partial charge in [0.05, 0.1) is 29.5 Å². The van der Waals surface area contributed by atoms with Gasteiger partial charge in [0.2, 0.25) is 0 Å². The maximum Gasteiger partial charge on any atom is 0.285 e. The molecule has 2 aromatic heterocycles. The number of halogens is 1. The van der Waals surface area contributed by atoms with Crippen molar-refractivity contribution in [3.05, 3.63) is 51.5 Å². The summed E-state index contributed by atoms with van der Waals surface area (Å²) in [5.74, 6) is -0.396. The first-order valence-corrected chi connectivity index (χ1v) is 17.4. The average molecular weight is 691 g/mol. The van der Waals surface area contributed by atoms with Crippen LogP contribution in [0.25, 0.3) is 11.0 Å². The molecule has 3 atom stereocenters. The first kappa shape index (κ1) is 29.8. The Kier molecular flexibility index (Phi) is 8.11. The van der Waals surface area contributed by atoms with E-state index in [1.165, 1.54) is 6.33 Å². The molecule has 2 aliphatic rings. The van der Waals surface area contributed by atoms with Gasteiger partial charge in [-0.25, -0.2) is 15.0 Å². The van der Waals surface area contributed by atoms with Crippen LogP contribution in [0, 0.1) is 3.57 Å². The number of rotatable bonds is 8. The maximum absolute atomic E-state index is 13.1. The third-order valence-corrected chi connectivity index (χ3v) is 13.2. The van der Waals surface area contributed by atoms with Gasteiger partial charge in [-0.05, 0) is 52.9 Å². The highest BCUT2D eigenvalue weighted by molar-refractivity contribution is 14.1. The summed E-state index contributed by atoms with van der Waals surface area (Å²) in [6.45, 7) is 11.1. The molecule has 0 bridgehead atoms. The molecule has 13 heteroatoms. The van der Waals surface area contributed by atoms with Crippen LogP contribution in [0.4, 0.5) is 5.82 Å². The predicted octanol–water partition coefficient (Wildman–Crippen LogP) is 5.16. The molecule has 218 valence electrons. The first-order valence-electron chi connectivity index (χ1n) is 13.4. The average Bonchev–Trinajstić information content (AvgIpc) is 3.55. The molecule has 11 nitrogen and oxygen atoms in total. The largest absolute Gasteiger partial charge is 0.414 e. The molecule has 1 aromatic carbocycles. The molecule has 1 unspecified atom stereocenters. The molecular weight excluding hydrogens is 655 g/mol. The lowest BCUT2D eigenvalue weighted by Crippen LogP contribution is -2.45. The Morgan fingerprint density at radius 1 is 1.17 bits per heavy atom. The molecule has 0 aliphatic carbocycles. The highest BCUT2D eigenvalue weighted by atomic mass is 127. The van der Waals surface area contributed by atoms with E-state index in [0.717, 1.165) is 14.0 Å². The monoisotopic (exact) mass is 690 g/mol. The Morgan fingerprint density at radius 3 is 2.44 bits per heavy atom. The number of carbonyl (C=O) groups excluding carboxylic acids is 2. The molecule has 41 heavy (non-hydrogen) atoms. The summed E-state index contributed by atoms with van der Waals surface area (Å²) in [4.78, 5) is 47.7. The third kappa shape index (κ3) is 5.69. The summed E-state index contributed by atoms with van der Waals surface area (Å²) in [6, 6.07) is 6.73. The number of fused-ring (bicyclic) bond motifs is 2. The predicted molar refractivity (Wildman–Crippen MR) is 166 cm³/mol. The molecule has 2 aliphatic heterocycles. The number of benzene rings is 1. The van der Waals surface area contributed by atoms with Crippen molar-refractivity contribution in [1.29, 1.82) is 0 Å². The van der Waals surface area contributed by atoms with Gasteiger partial charge in [-0.1, -0.05) is 32.9 Å². The van der Waals surface area contributed by atoms with Gasteiger partial charge in [-0.15, -0.1) is 5.06 Å². The smallest absolute Gasteiger partial charge is 0.285 e. The van der Waals surface area contributed by atoms with E-state index >= 15 is 0 Å². The van der Waals surface area contributed by atoms with Crippen LogP contribution in [0.2, 0.25) is 18.1 Å². The minimum absolute atomic E-state index is 0.00295. The van der Waals surface area contributed by atoms with Gasteiger partial charge in [0.15, 0.2) is 14.1 Å². The minimum Gasteiger partial charge on any atom is -0.414 e. The van der Waals surface area contributed by atoms with Crippen LogP contribution in [-0.2, 0) is 14.0 Å². The van der Waals surface area contributed by atoms with Crippen LogP contribution in [0.1, 0.15) is 54.1 Å². The summed E-state index contributed by atoms with van der Waals surface area (Å²) in [5, 5.41) is 1.68. The lowest BCUT2D eigenvalue weighted by atomic mass is 10.1. The van der Waals surface area contributed by atoms with Gasteiger partial charge in [0.25, 0.3) is 11.8 Å². The third-order valence-electron chi connectivity index (χ3n) is 7.86. The number of amides is 2. The molecule has 1 fully saturated rings. The molecule has 0 saturated carbocycles. The van der Waals surface area contributed by atoms with E-state index < -0.39 is 38.6 Å². The van der Waals surface area contributed by atoms with E-state index in [1.54, 1.807) is 30.6 Å². The summed E-state index contributed by atoms with van der Waals surface area (Å²) >= 11 is 2.25. The van der Waals surface area contributed by atoms with E-state index in [9.17, 15) is 9.59 Å². The molecule has 0 N–H and O–H groups in total. The SMILES string of the molecule is CN(C)/C=N/c1ncnc2c1c(I)cn2[C@H]1CC(ON2C(=O)c3ccccc3C2=O)[C@@H](CO[Si](C)(C)C(C)(C)C)O1. The Hall–Kier alpha value is -2.72. The highest BCUT2D eigenvalue weighted by Crippen LogP contribution is 2.40. The molecule has 4 heterocycles. The van der Waals surface area contributed by atoms with E-state index in [-0.39, 0.29) is 11.6 Å². The molecule has 5 rings (SSSR count). The van der Waals surface area contributed by atoms with Crippen molar-refractivity contribution in [2.75, 3.05) is 20.7 Å². The van der Waals surface area contributed by atoms with Crippen molar-refractivity contribution >= 4 is 65.9 Å². The van der Waals surface area contributed by atoms with Crippen LogP contribution in [0.15, 0.2) is 41.8 Å². The molecule has 2 amide bonds. The summed E-state index contributed by atoms with van der Waals surface area (Å²) in [7, 11) is 1.66. The number of hydroxylamine groups is 2. The Labute approximate surface area is 254 Å². The Balaban J connectivity index is 1.45. The second-order valence-corrected chi connectivity index (χ2v) is 18.0. The lowest BCUT2D eigenvalue weighted by molar-refractivity contribution is -0.154. The highest BCUT2D eigenvalue weighted by Gasteiger charge is 2.46. The Morgan fingerprint density at radius 2 is 1.83 bits per heavy atom. The van der Waals surface area contributed by atoms with E-state index in [1.807, 2.05) is 29.8 Å². The van der Waals surface area contributed by atoms with E-state index in [4.69, 9.17) is 14.0 Å². The fourth-order valence-electron chi connectivity index (χ4n) is 4.55. The van der Waals surface area contributed by atoms with Crippen LogP contribution in [0.5, 0.6) is 0 Å². The van der Waals surface area contributed by atoms with Gasteiger partial charge in [0.1, 0.15) is 30.4 Å². The van der Waals surface area contributed by atoms with Crippen molar-refractivity contribution in [3.8, 4) is 0 Å². The van der Waals surface area contributed by atoms with Crippen molar-refractivity contribution < 1.29 is 23.6 Å². The van der Waals surface area contributed by atoms with Crippen molar-refractivity contribution in [1.82, 2.24) is 24.5 Å². The Bertz CT molecular complexity index is 1480. The molecule has 1 saturated heterocycles. The van der Waals surface area contributed by atoms with Crippen LogP contribution in [0.3, 0.4) is 0 Å². The van der Waals surface area contributed by atoms with Gasteiger partial charge >= 0.3 is 0 Å². The summed E-state index contributed by atoms with van der Waals surface area (Å²) in [5.41, 5.74) is 1.33. The molecule has 3 aromatic rings. The van der Waals surface area contributed by atoms with Crippen molar-refractivity contribution in [3.63, 3.8) is 0 Å². The van der Waals surface area contributed by atoms with E-state index in [0.29, 0.717) is 29.0 Å². The zero-order chi connectivity index (χ0) is 29.7. The van der Waals surface area contributed by atoms with Crippen LogP contribution >= 0.6 is 22.6 Å². The van der Waals surface area contributed by atoms with Crippen molar-refractivity contribution in [2.45, 2.75) is 63.8 Å². The van der Waals surface area contributed by atoms with Gasteiger partial charge in [-0.2, -0.15) is 0 Å². The number of nitrogens with zero attached hydrogens (tertiary/aromatic N) is 6. The number of aliphatic imine (C=N–C) groups is 1. The zero-order valence-electron chi connectivity index (χ0n) is 24.3. The lowest BCUT2D eigenvalue weighted by Gasteiger charge is -2.37. The summed E-state index contributed by atoms with van der Waals surface area (Å²) in [6.07, 6.45) is 3.89. The summed E-state index contributed by atoms with van der Waals surface area (Å²) < 4.78 is 16.0. The number of carbonyl (C=O) groups is 2. The fourth-order valence-corrected chi connectivity index (χ4v) is 6.35. The first-order chi connectivity index (χ1) is 19.3. The van der Waals surface area contributed by atoms with Crippen LogP contribution < -0.4 is 0 Å². The fraction of sp³-hybridized carbons (Fsp3) is 0.464. The quantitative estimate of drug-likeness (QED) is 0.105. The molecular formula is C28H35IN6O5Si. The normalized spacial score (nSPS) is 21.5. The van der Waals surface area contributed by atoms with Crippen molar-refractivity contribution in [2.24, 2.45) is 4.99 Å². The van der Waals surface area contributed by atoms with Gasteiger partial charge in [0, 0.05) is 30.3 Å². The maximum atomic E-state index is 13.1. The zero-order valence-corrected chi connectivity index (χ0v) is 27.4. The van der Waals surface area contributed by atoms with Gasteiger partial charge < -0.3 is 18.6 Å².